The number of anilines is 3. The summed E-state index contributed by atoms with van der Waals surface area (Å²) in [4.78, 5) is 2.07. The van der Waals surface area contributed by atoms with Crippen LogP contribution in [0.4, 0.5) is 17.1 Å². The molecule has 0 fully saturated rings. The van der Waals surface area contributed by atoms with E-state index in [9.17, 15) is 15.3 Å². The number of para-hydroxylation sites is 2. The Bertz CT molecular complexity index is 1370. The van der Waals surface area contributed by atoms with Crippen molar-refractivity contribution < 1.29 is 20.1 Å². The van der Waals surface area contributed by atoms with E-state index in [4.69, 9.17) is 4.74 Å². The first kappa shape index (κ1) is 24.0. The third-order valence-electron chi connectivity index (χ3n) is 6.79. The van der Waals surface area contributed by atoms with E-state index in [0.717, 1.165) is 50.4 Å². The number of benzene rings is 4. The summed E-state index contributed by atoms with van der Waals surface area (Å²) in [5.74, 6) is 1.55. The molecular weight excluding hydrogens is 438 g/mol. The van der Waals surface area contributed by atoms with Gasteiger partial charge in [-0.15, -0.1) is 0 Å². The number of aromatic hydroxyl groups is 3. The topological polar surface area (TPSA) is 73.2 Å². The van der Waals surface area contributed by atoms with Gasteiger partial charge in [-0.25, -0.2) is 0 Å². The smallest absolute Gasteiger partial charge is 0.172 e. The fourth-order valence-corrected chi connectivity index (χ4v) is 4.20. The van der Waals surface area contributed by atoms with E-state index in [1.165, 1.54) is 0 Å². The Hall–Kier alpha value is -4.12. The number of rotatable bonds is 5. The van der Waals surface area contributed by atoms with Gasteiger partial charge in [0.2, 0.25) is 0 Å². The number of aryl methyl sites for hydroxylation is 2. The third kappa shape index (κ3) is 4.26. The normalized spacial score (nSPS) is 10.9. The first-order valence-electron chi connectivity index (χ1n) is 11.6. The van der Waals surface area contributed by atoms with E-state index >= 15 is 0 Å². The number of hydrogen-bond donors (Lipinski definition) is 3. The summed E-state index contributed by atoms with van der Waals surface area (Å²) < 4.78 is 6.37. The molecule has 0 amide bonds. The molecule has 3 N–H and O–H groups in total. The highest BCUT2D eigenvalue weighted by Gasteiger charge is 2.23. The second-order valence-electron chi connectivity index (χ2n) is 8.99. The minimum Gasteiger partial charge on any atom is -0.508 e. The Morgan fingerprint density at radius 3 is 1.63 bits per heavy atom. The van der Waals surface area contributed by atoms with Gasteiger partial charge in [-0.1, -0.05) is 24.3 Å². The lowest BCUT2D eigenvalue weighted by Gasteiger charge is -2.31. The molecule has 5 nitrogen and oxygen atoms in total. The van der Waals surface area contributed by atoms with Crippen molar-refractivity contribution in [3.05, 3.63) is 94.0 Å². The first-order valence-corrected chi connectivity index (χ1v) is 11.6. The van der Waals surface area contributed by atoms with Gasteiger partial charge in [0, 0.05) is 11.4 Å². The van der Waals surface area contributed by atoms with Crippen LogP contribution >= 0.6 is 0 Å². The highest BCUT2D eigenvalue weighted by Crippen LogP contribution is 2.47. The van der Waals surface area contributed by atoms with E-state index in [-0.39, 0.29) is 17.2 Å². The minimum atomic E-state index is 0.111. The van der Waals surface area contributed by atoms with Gasteiger partial charge in [0.05, 0.1) is 5.69 Å². The highest BCUT2D eigenvalue weighted by atomic mass is 16.5. The zero-order valence-electron chi connectivity index (χ0n) is 21.0. The summed E-state index contributed by atoms with van der Waals surface area (Å²) in [5, 5.41) is 31.4. The summed E-state index contributed by atoms with van der Waals surface area (Å²) in [6.45, 7) is 11.5. The summed E-state index contributed by atoms with van der Waals surface area (Å²) in [5.41, 5.74) is 7.45. The Labute approximate surface area is 206 Å². The van der Waals surface area contributed by atoms with Crippen LogP contribution in [0.15, 0.2) is 60.7 Å². The van der Waals surface area contributed by atoms with Crippen LogP contribution in [-0.4, -0.2) is 15.3 Å². The van der Waals surface area contributed by atoms with E-state index in [1.807, 2.05) is 90.1 Å². The molecule has 0 saturated heterocycles. The molecule has 0 bridgehead atoms. The van der Waals surface area contributed by atoms with Crippen molar-refractivity contribution in [3.63, 3.8) is 0 Å². The van der Waals surface area contributed by atoms with Crippen molar-refractivity contribution in [1.29, 1.82) is 0 Å². The summed E-state index contributed by atoms with van der Waals surface area (Å²) >= 11 is 0. The molecule has 0 atom stereocenters. The summed E-state index contributed by atoms with van der Waals surface area (Å²) in [6.07, 6.45) is 0. The van der Waals surface area contributed by atoms with Crippen LogP contribution in [0.2, 0.25) is 0 Å². The maximum absolute atomic E-state index is 10.7. The van der Waals surface area contributed by atoms with Crippen LogP contribution in [0.5, 0.6) is 28.7 Å². The number of hydrogen-bond acceptors (Lipinski definition) is 5. The maximum Gasteiger partial charge on any atom is 0.172 e. The van der Waals surface area contributed by atoms with Crippen molar-refractivity contribution in [2.45, 2.75) is 41.5 Å². The molecule has 4 aromatic rings. The number of ether oxygens (including phenoxy) is 1. The number of phenols is 3. The van der Waals surface area contributed by atoms with Crippen molar-refractivity contribution >= 4 is 17.1 Å². The van der Waals surface area contributed by atoms with Crippen molar-refractivity contribution in [3.8, 4) is 28.7 Å². The van der Waals surface area contributed by atoms with Crippen molar-refractivity contribution in [1.82, 2.24) is 0 Å². The molecular formula is C30H31NO4. The van der Waals surface area contributed by atoms with E-state index in [0.29, 0.717) is 11.5 Å². The Kier molecular flexibility index (Phi) is 6.35. The van der Waals surface area contributed by atoms with Crippen LogP contribution in [-0.2, 0) is 0 Å². The largest absolute Gasteiger partial charge is 0.508 e. The Morgan fingerprint density at radius 1 is 0.543 bits per heavy atom. The zero-order chi connectivity index (χ0) is 25.4. The van der Waals surface area contributed by atoms with E-state index < -0.39 is 0 Å². The van der Waals surface area contributed by atoms with Crippen LogP contribution in [0.3, 0.4) is 0 Å². The zero-order valence-corrected chi connectivity index (χ0v) is 21.0. The summed E-state index contributed by atoms with van der Waals surface area (Å²) in [7, 11) is 0. The van der Waals surface area contributed by atoms with Crippen molar-refractivity contribution in [2.24, 2.45) is 0 Å². The molecule has 0 aromatic heterocycles. The van der Waals surface area contributed by atoms with Gasteiger partial charge in [0.15, 0.2) is 17.2 Å². The standard InChI is InChI=1S/C30H31NO4/c1-17-11-12-18(2)30(29(17)34)35-28-10-8-7-9-25(28)31(23-13-15-26(32)21(5)19(23)3)24-14-16-27(33)22(6)20(24)4/h7-16,32-34H,1-6H3. The molecule has 180 valence electrons. The fourth-order valence-electron chi connectivity index (χ4n) is 4.20. The third-order valence-corrected chi connectivity index (χ3v) is 6.79. The molecule has 0 aliphatic carbocycles. The molecule has 0 heterocycles. The summed E-state index contributed by atoms with van der Waals surface area (Å²) in [6, 6.07) is 18.6. The first-order chi connectivity index (χ1) is 16.6. The van der Waals surface area contributed by atoms with Gasteiger partial charge in [-0.3, -0.25) is 0 Å². The predicted molar refractivity (Wildman–Crippen MR) is 141 cm³/mol. The number of phenolic OH excluding ortho intramolecular Hbond substituents is 3. The lowest BCUT2D eigenvalue weighted by Crippen LogP contribution is -2.14. The quantitative estimate of drug-likeness (QED) is 0.277. The molecule has 4 aromatic carbocycles. The average Bonchev–Trinajstić information content (AvgIpc) is 2.84. The van der Waals surface area contributed by atoms with Gasteiger partial charge in [-0.2, -0.15) is 0 Å². The molecule has 0 spiro atoms. The maximum atomic E-state index is 10.7. The number of nitrogens with zero attached hydrogens (tertiary/aromatic N) is 1. The van der Waals surface area contributed by atoms with Gasteiger partial charge >= 0.3 is 0 Å². The Morgan fingerprint density at radius 2 is 1.06 bits per heavy atom. The van der Waals surface area contributed by atoms with Crippen LogP contribution in [0.1, 0.15) is 33.4 Å². The lowest BCUT2D eigenvalue weighted by atomic mass is 10.0. The highest BCUT2D eigenvalue weighted by molar-refractivity contribution is 5.85. The van der Waals surface area contributed by atoms with E-state index in [2.05, 4.69) is 4.90 Å². The van der Waals surface area contributed by atoms with Crippen LogP contribution in [0, 0.1) is 41.5 Å². The average molecular weight is 470 g/mol. The minimum absolute atomic E-state index is 0.111. The van der Waals surface area contributed by atoms with Gasteiger partial charge in [0.1, 0.15) is 11.5 Å². The molecule has 0 unspecified atom stereocenters. The molecule has 4 rings (SSSR count). The molecule has 5 heteroatoms. The van der Waals surface area contributed by atoms with Crippen molar-refractivity contribution in [2.75, 3.05) is 4.90 Å². The van der Waals surface area contributed by atoms with E-state index in [1.54, 1.807) is 12.1 Å². The monoisotopic (exact) mass is 469 g/mol. The second kappa shape index (κ2) is 9.26. The second-order valence-corrected chi connectivity index (χ2v) is 8.99. The predicted octanol–water partition coefficient (Wildman–Crippen LogP) is 7.92. The van der Waals surface area contributed by atoms with Gasteiger partial charge in [-0.05, 0) is 111 Å². The molecule has 0 aliphatic heterocycles. The lowest BCUT2D eigenvalue weighted by molar-refractivity contribution is 0.407. The SMILES string of the molecule is Cc1ccc(C)c(Oc2ccccc2N(c2ccc(O)c(C)c2C)c2ccc(O)c(C)c2C)c1O. The van der Waals surface area contributed by atoms with Gasteiger partial charge < -0.3 is 25.0 Å². The van der Waals surface area contributed by atoms with Crippen LogP contribution < -0.4 is 9.64 Å². The molecule has 0 aliphatic rings. The molecule has 0 radical (unpaired) electrons. The molecule has 35 heavy (non-hydrogen) atoms. The Balaban J connectivity index is 1.99. The fraction of sp³-hybridized carbons (Fsp3) is 0.200. The van der Waals surface area contributed by atoms with Crippen LogP contribution in [0.25, 0.3) is 0 Å². The molecule has 0 saturated carbocycles. The van der Waals surface area contributed by atoms with Gasteiger partial charge in [0.25, 0.3) is 0 Å².